The van der Waals surface area contributed by atoms with Crippen LogP contribution in [-0.2, 0) is 4.79 Å². The van der Waals surface area contributed by atoms with Crippen LogP contribution in [-0.4, -0.2) is 25.1 Å². The Bertz CT molecular complexity index is 393. The molecule has 1 aromatic carbocycles. The van der Waals surface area contributed by atoms with Crippen LogP contribution in [0.3, 0.4) is 0 Å². The highest BCUT2D eigenvalue weighted by Crippen LogP contribution is 2.17. The number of carbonyl (C=O) groups is 1. The maximum Gasteiger partial charge on any atom is 0.220 e. The van der Waals surface area contributed by atoms with Crippen molar-refractivity contribution in [3.05, 3.63) is 24.3 Å². The van der Waals surface area contributed by atoms with Crippen molar-refractivity contribution in [2.45, 2.75) is 25.8 Å². The summed E-state index contributed by atoms with van der Waals surface area (Å²) < 4.78 is 5.43. The summed E-state index contributed by atoms with van der Waals surface area (Å²) in [4.78, 5) is 11.0. The number of benzene rings is 1. The molecule has 2 rings (SSSR count). The number of anilines is 1. The molecule has 1 aliphatic heterocycles. The molecule has 0 radical (unpaired) electrons. The van der Waals surface area contributed by atoms with Crippen LogP contribution >= 0.6 is 0 Å². The molecule has 92 valence electrons. The number of hydrogen-bond acceptors (Lipinski definition) is 3. The normalized spacial score (nSPS) is 18.9. The maximum atomic E-state index is 11.0. The van der Waals surface area contributed by atoms with Gasteiger partial charge in [0.1, 0.15) is 5.75 Å². The summed E-state index contributed by atoms with van der Waals surface area (Å²) in [6.45, 7) is 3.40. The van der Waals surface area contributed by atoms with Crippen LogP contribution in [0.1, 0.15) is 19.8 Å². The second-order valence-corrected chi connectivity index (χ2v) is 4.14. The second-order valence-electron chi connectivity index (χ2n) is 4.14. The van der Waals surface area contributed by atoms with Crippen LogP contribution in [0.4, 0.5) is 5.69 Å². The Morgan fingerprint density at radius 1 is 1.53 bits per heavy atom. The number of hydrogen-bond donors (Lipinski definition) is 2. The van der Waals surface area contributed by atoms with Gasteiger partial charge in [0.05, 0.1) is 6.61 Å². The first kappa shape index (κ1) is 11.8. The highest BCUT2D eigenvalue weighted by molar-refractivity contribution is 5.78. The van der Waals surface area contributed by atoms with Crippen LogP contribution in [0, 0.1) is 0 Å². The van der Waals surface area contributed by atoms with Crippen molar-refractivity contribution >= 4 is 11.6 Å². The molecule has 17 heavy (non-hydrogen) atoms. The van der Waals surface area contributed by atoms with Crippen molar-refractivity contribution in [2.75, 3.05) is 18.5 Å². The van der Waals surface area contributed by atoms with Gasteiger partial charge in [-0.1, -0.05) is 6.07 Å². The third-order valence-electron chi connectivity index (χ3n) is 2.78. The summed E-state index contributed by atoms with van der Waals surface area (Å²) >= 11 is 0. The largest absolute Gasteiger partial charge is 0.494 e. The van der Waals surface area contributed by atoms with E-state index in [1.54, 1.807) is 0 Å². The van der Waals surface area contributed by atoms with E-state index >= 15 is 0 Å². The minimum absolute atomic E-state index is 0.153. The van der Waals surface area contributed by atoms with Gasteiger partial charge in [-0.2, -0.15) is 0 Å². The van der Waals surface area contributed by atoms with Crippen LogP contribution < -0.4 is 15.4 Å². The maximum absolute atomic E-state index is 11.0. The fourth-order valence-electron chi connectivity index (χ4n) is 1.93. The molecule has 1 aliphatic rings. The van der Waals surface area contributed by atoms with Gasteiger partial charge in [-0.3, -0.25) is 4.79 Å². The monoisotopic (exact) mass is 234 g/mol. The summed E-state index contributed by atoms with van der Waals surface area (Å²) in [6, 6.07) is 8.12. The van der Waals surface area contributed by atoms with E-state index in [4.69, 9.17) is 4.74 Å². The Morgan fingerprint density at radius 3 is 3.12 bits per heavy atom. The van der Waals surface area contributed by atoms with Crippen molar-refractivity contribution in [1.82, 2.24) is 5.32 Å². The molecule has 1 amide bonds. The zero-order valence-corrected chi connectivity index (χ0v) is 10.0. The van der Waals surface area contributed by atoms with Crippen LogP contribution in [0.5, 0.6) is 5.75 Å². The number of rotatable bonds is 5. The SMILES string of the molecule is CCOc1cccc(NCC2CCC(=O)N2)c1. The zero-order valence-electron chi connectivity index (χ0n) is 10.0. The Labute approximate surface area is 101 Å². The van der Waals surface area contributed by atoms with E-state index in [0.717, 1.165) is 24.4 Å². The predicted octanol–water partition coefficient (Wildman–Crippen LogP) is 1.78. The fraction of sp³-hybridized carbons (Fsp3) is 0.462. The average Bonchev–Trinajstić information content (AvgIpc) is 2.74. The van der Waals surface area contributed by atoms with Gasteiger partial charge < -0.3 is 15.4 Å². The van der Waals surface area contributed by atoms with E-state index in [0.29, 0.717) is 13.0 Å². The lowest BCUT2D eigenvalue weighted by Crippen LogP contribution is -2.31. The lowest BCUT2D eigenvalue weighted by atomic mass is 10.2. The first-order valence-electron chi connectivity index (χ1n) is 6.04. The van der Waals surface area contributed by atoms with Gasteiger partial charge in [-0.15, -0.1) is 0 Å². The van der Waals surface area contributed by atoms with Crippen molar-refractivity contribution in [3.8, 4) is 5.75 Å². The first-order chi connectivity index (χ1) is 8.28. The molecule has 1 aromatic rings. The van der Waals surface area contributed by atoms with Gasteiger partial charge in [-0.25, -0.2) is 0 Å². The molecule has 1 heterocycles. The molecule has 1 fully saturated rings. The fourth-order valence-corrected chi connectivity index (χ4v) is 1.93. The molecule has 0 aromatic heterocycles. The zero-order chi connectivity index (χ0) is 12.1. The van der Waals surface area contributed by atoms with Gasteiger partial charge in [0, 0.05) is 30.8 Å². The van der Waals surface area contributed by atoms with Crippen molar-refractivity contribution in [1.29, 1.82) is 0 Å². The minimum Gasteiger partial charge on any atom is -0.494 e. The topological polar surface area (TPSA) is 50.4 Å². The van der Waals surface area contributed by atoms with Gasteiger partial charge in [0.2, 0.25) is 5.91 Å². The summed E-state index contributed by atoms with van der Waals surface area (Å²) in [5, 5.41) is 6.24. The summed E-state index contributed by atoms with van der Waals surface area (Å²) in [6.07, 6.45) is 1.56. The van der Waals surface area contributed by atoms with Crippen molar-refractivity contribution in [3.63, 3.8) is 0 Å². The standard InChI is InChI=1S/C13H18N2O2/c1-2-17-12-5-3-4-10(8-12)14-9-11-6-7-13(16)15-11/h3-5,8,11,14H,2,6-7,9H2,1H3,(H,15,16). The van der Waals surface area contributed by atoms with Gasteiger partial charge in [0.15, 0.2) is 0 Å². The van der Waals surface area contributed by atoms with Gasteiger partial charge >= 0.3 is 0 Å². The molecular weight excluding hydrogens is 216 g/mol. The van der Waals surface area contributed by atoms with Crippen molar-refractivity contribution < 1.29 is 9.53 Å². The van der Waals surface area contributed by atoms with Gasteiger partial charge in [0.25, 0.3) is 0 Å². The molecule has 4 heteroatoms. The third kappa shape index (κ3) is 3.37. The molecule has 0 saturated carbocycles. The molecule has 1 atom stereocenters. The van der Waals surface area contributed by atoms with Crippen LogP contribution in [0.2, 0.25) is 0 Å². The summed E-state index contributed by atoms with van der Waals surface area (Å²) in [5.41, 5.74) is 1.03. The summed E-state index contributed by atoms with van der Waals surface area (Å²) in [7, 11) is 0. The van der Waals surface area contributed by atoms with Gasteiger partial charge in [-0.05, 0) is 25.5 Å². The Hall–Kier alpha value is -1.71. The average molecular weight is 234 g/mol. The Balaban J connectivity index is 1.85. The molecule has 0 aliphatic carbocycles. The number of nitrogens with one attached hydrogen (secondary N) is 2. The molecule has 1 saturated heterocycles. The van der Waals surface area contributed by atoms with E-state index in [1.807, 2.05) is 31.2 Å². The first-order valence-corrected chi connectivity index (χ1v) is 6.04. The quantitative estimate of drug-likeness (QED) is 0.816. The highest BCUT2D eigenvalue weighted by atomic mass is 16.5. The summed E-state index contributed by atoms with van der Waals surface area (Å²) in [5.74, 6) is 1.02. The molecule has 2 N–H and O–H groups in total. The Morgan fingerprint density at radius 2 is 2.41 bits per heavy atom. The molecule has 0 bridgehead atoms. The minimum atomic E-state index is 0.153. The number of amides is 1. The number of ether oxygens (including phenoxy) is 1. The van der Waals surface area contributed by atoms with E-state index in [-0.39, 0.29) is 11.9 Å². The van der Waals surface area contributed by atoms with Crippen molar-refractivity contribution in [2.24, 2.45) is 0 Å². The lowest BCUT2D eigenvalue weighted by Gasteiger charge is -2.13. The lowest BCUT2D eigenvalue weighted by molar-refractivity contribution is -0.119. The number of carbonyl (C=O) groups excluding carboxylic acids is 1. The van der Waals surface area contributed by atoms with E-state index in [2.05, 4.69) is 10.6 Å². The van der Waals surface area contributed by atoms with E-state index < -0.39 is 0 Å². The van der Waals surface area contributed by atoms with E-state index in [1.165, 1.54) is 0 Å². The van der Waals surface area contributed by atoms with Crippen LogP contribution in [0.25, 0.3) is 0 Å². The second kappa shape index (κ2) is 5.57. The highest BCUT2D eigenvalue weighted by Gasteiger charge is 2.19. The molecule has 4 nitrogen and oxygen atoms in total. The molecule has 0 spiro atoms. The third-order valence-corrected chi connectivity index (χ3v) is 2.78. The van der Waals surface area contributed by atoms with Crippen LogP contribution in [0.15, 0.2) is 24.3 Å². The van der Waals surface area contributed by atoms with E-state index in [9.17, 15) is 4.79 Å². The predicted molar refractivity (Wildman–Crippen MR) is 67.3 cm³/mol. The smallest absolute Gasteiger partial charge is 0.220 e. The Kier molecular flexibility index (Phi) is 3.85. The molecule has 1 unspecified atom stereocenters. The molecular formula is C13H18N2O2.